The molecule has 1 unspecified atom stereocenters. The molecule has 1 aliphatic heterocycles. The van der Waals surface area contributed by atoms with Crippen molar-refractivity contribution in [3.05, 3.63) is 70.7 Å². The van der Waals surface area contributed by atoms with Crippen molar-refractivity contribution in [2.75, 3.05) is 26.2 Å². The molecule has 2 saturated carbocycles. The summed E-state index contributed by atoms with van der Waals surface area (Å²) in [6.07, 6.45) is 6.68. The van der Waals surface area contributed by atoms with Crippen molar-refractivity contribution in [3.8, 4) is 0 Å². The Morgan fingerprint density at radius 2 is 1.64 bits per heavy atom. The number of hydrogen-bond donors (Lipinski definition) is 1. The van der Waals surface area contributed by atoms with Crippen LogP contribution in [-0.4, -0.2) is 37.1 Å². The number of rotatable bonds is 7. The van der Waals surface area contributed by atoms with Crippen LogP contribution in [0.25, 0.3) is 0 Å². The first-order valence-corrected chi connectivity index (χ1v) is 11.3. The van der Waals surface area contributed by atoms with Crippen LogP contribution in [0, 0.1) is 5.41 Å². The third-order valence-corrected chi connectivity index (χ3v) is 7.45. The van der Waals surface area contributed by atoms with Crippen LogP contribution in [0.2, 0.25) is 5.02 Å². The lowest BCUT2D eigenvalue weighted by molar-refractivity contribution is 0.172. The van der Waals surface area contributed by atoms with E-state index in [-0.39, 0.29) is 0 Å². The van der Waals surface area contributed by atoms with Gasteiger partial charge < -0.3 is 10.2 Å². The summed E-state index contributed by atoms with van der Waals surface area (Å²) in [4.78, 5) is 2.72. The highest BCUT2D eigenvalue weighted by molar-refractivity contribution is 6.30. The highest BCUT2D eigenvalue weighted by Crippen LogP contribution is 2.48. The number of nitrogens with one attached hydrogen (secondary N) is 1. The zero-order valence-corrected chi connectivity index (χ0v) is 17.4. The standard InChI is InChI=1S/C25H31ClN2/c26-22-8-6-19(7-9-22)20-10-14-28(15-11-20)18-25(12-13-25)17-27-24-16-23(24)21-4-2-1-3-5-21/h1-9,20,23-24,27H,10-18H2/t23-,24?/m1/s1. The lowest BCUT2D eigenvalue weighted by atomic mass is 9.89. The summed E-state index contributed by atoms with van der Waals surface area (Å²) in [5.74, 6) is 1.45. The van der Waals surface area contributed by atoms with Gasteiger partial charge in [-0.05, 0) is 79.8 Å². The molecule has 3 aliphatic rings. The van der Waals surface area contributed by atoms with E-state index >= 15 is 0 Å². The number of nitrogens with zero attached hydrogens (tertiary/aromatic N) is 1. The van der Waals surface area contributed by atoms with Crippen LogP contribution in [0.15, 0.2) is 54.6 Å². The predicted molar refractivity (Wildman–Crippen MR) is 117 cm³/mol. The molecular formula is C25H31ClN2. The number of likely N-dealkylation sites (tertiary alicyclic amines) is 1. The average Bonchev–Trinajstić information content (AvgIpc) is 3.65. The molecule has 2 aliphatic carbocycles. The van der Waals surface area contributed by atoms with Gasteiger partial charge in [0.2, 0.25) is 0 Å². The Kier molecular flexibility index (Phi) is 5.21. The fourth-order valence-corrected chi connectivity index (χ4v) is 5.16. The van der Waals surface area contributed by atoms with Crippen molar-refractivity contribution >= 4 is 11.6 Å². The Morgan fingerprint density at radius 3 is 2.32 bits per heavy atom. The zero-order chi connectivity index (χ0) is 19.0. The molecular weight excluding hydrogens is 364 g/mol. The van der Waals surface area contributed by atoms with Gasteiger partial charge in [-0.25, -0.2) is 0 Å². The molecule has 1 saturated heterocycles. The molecule has 2 atom stereocenters. The SMILES string of the molecule is Clc1ccc(C2CCN(CC3(CNC4C[C@@H]4c4ccccc4)CC3)CC2)cc1. The first kappa shape index (κ1) is 18.7. The van der Waals surface area contributed by atoms with Gasteiger partial charge >= 0.3 is 0 Å². The van der Waals surface area contributed by atoms with Gasteiger partial charge in [0, 0.05) is 30.1 Å². The van der Waals surface area contributed by atoms with E-state index in [4.69, 9.17) is 11.6 Å². The van der Waals surface area contributed by atoms with Gasteiger partial charge in [0.15, 0.2) is 0 Å². The maximum atomic E-state index is 6.04. The maximum absolute atomic E-state index is 6.04. The topological polar surface area (TPSA) is 15.3 Å². The number of piperidine rings is 1. The molecule has 5 rings (SSSR count). The van der Waals surface area contributed by atoms with Crippen LogP contribution in [0.1, 0.15) is 55.1 Å². The zero-order valence-electron chi connectivity index (χ0n) is 16.6. The minimum Gasteiger partial charge on any atom is -0.313 e. The van der Waals surface area contributed by atoms with E-state index in [0.717, 1.165) is 10.9 Å². The number of halogens is 1. The van der Waals surface area contributed by atoms with Gasteiger partial charge in [-0.15, -0.1) is 0 Å². The van der Waals surface area contributed by atoms with Gasteiger partial charge in [-0.3, -0.25) is 0 Å². The summed E-state index contributed by atoms with van der Waals surface area (Å²) in [6.45, 7) is 4.98. The summed E-state index contributed by atoms with van der Waals surface area (Å²) < 4.78 is 0. The normalized spacial score (nSPS) is 26.9. The summed E-state index contributed by atoms with van der Waals surface area (Å²) in [6, 6.07) is 20.2. The Labute approximate surface area is 174 Å². The molecule has 3 heteroatoms. The van der Waals surface area contributed by atoms with E-state index in [2.05, 4.69) is 52.7 Å². The fourth-order valence-electron chi connectivity index (χ4n) is 5.04. The summed E-state index contributed by atoms with van der Waals surface area (Å²) in [7, 11) is 0. The Hall–Kier alpha value is -1.35. The molecule has 3 fully saturated rings. The van der Waals surface area contributed by atoms with E-state index in [9.17, 15) is 0 Å². The van der Waals surface area contributed by atoms with Gasteiger partial charge in [0.25, 0.3) is 0 Å². The first-order chi connectivity index (χ1) is 13.7. The molecule has 0 spiro atoms. The predicted octanol–water partition coefficient (Wildman–Crippen LogP) is 5.45. The van der Waals surface area contributed by atoms with E-state index in [1.54, 1.807) is 0 Å². The van der Waals surface area contributed by atoms with E-state index in [0.29, 0.717) is 17.4 Å². The molecule has 0 amide bonds. The van der Waals surface area contributed by atoms with Gasteiger partial charge in [-0.1, -0.05) is 54.1 Å². The Bertz CT molecular complexity index is 776. The van der Waals surface area contributed by atoms with E-state index in [1.807, 2.05) is 12.1 Å². The molecule has 0 bridgehead atoms. The van der Waals surface area contributed by atoms with Gasteiger partial charge in [0.05, 0.1) is 0 Å². The quantitative estimate of drug-likeness (QED) is 0.672. The number of benzene rings is 2. The lowest BCUT2D eigenvalue weighted by Crippen LogP contribution is -2.40. The molecule has 148 valence electrons. The second kappa shape index (κ2) is 7.82. The van der Waals surface area contributed by atoms with Crippen molar-refractivity contribution in [2.45, 2.75) is 50.0 Å². The minimum atomic E-state index is 0.553. The molecule has 2 aromatic carbocycles. The average molecular weight is 395 g/mol. The fraction of sp³-hybridized carbons (Fsp3) is 0.520. The van der Waals surface area contributed by atoms with E-state index < -0.39 is 0 Å². The second-order valence-corrected chi connectivity index (χ2v) is 9.78. The van der Waals surface area contributed by atoms with Gasteiger partial charge in [-0.2, -0.15) is 0 Å². The Morgan fingerprint density at radius 1 is 0.929 bits per heavy atom. The van der Waals surface area contributed by atoms with Crippen molar-refractivity contribution in [1.82, 2.24) is 10.2 Å². The first-order valence-electron chi connectivity index (χ1n) is 11.0. The molecule has 2 nitrogen and oxygen atoms in total. The minimum absolute atomic E-state index is 0.553. The summed E-state index contributed by atoms with van der Waals surface area (Å²) in [5, 5.41) is 4.74. The Balaban J connectivity index is 1.07. The third kappa shape index (κ3) is 4.30. The molecule has 0 aromatic heterocycles. The molecule has 0 radical (unpaired) electrons. The van der Waals surface area contributed by atoms with Crippen LogP contribution >= 0.6 is 11.6 Å². The smallest absolute Gasteiger partial charge is 0.0406 e. The summed E-state index contributed by atoms with van der Waals surface area (Å²) in [5.41, 5.74) is 3.53. The maximum Gasteiger partial charge on any atom is 0.0406 e. The van der Waals surface area contributed by atoms with Crippen molar-refractivity contribution in [1.29, 1.82) is 0 Å². The highest BCUT2D eigenvalue weighted by atomic mass is 35.5. The number of hydrogen-bond acceptors (Lipinski definition) is 2. The van der Waals surface area contributed by atoms with Crippen molar-refractivity contribution in [3.63, 3.8) is 0 Å². The highest BCUT2D eigenvalue weighted by Gasteiger charge is 2.46. The molecule has 1 heterocycles. The third-order valence-electron chi connectivity index (χ3n) is 7.20. The van der Waals surface area contributed by atoms with Crippen LogP contribution in [0.5, 0.6) is 0 Å². The van der Waals surface area contributed by atoms with Crippen LogP contribution in [0.3, 0.4) is 0 Å². The lowest BCUT2D eigenvalue weighted by Gasteiger charge is -2.35. The molecule has 2 aromatic rings. The van der Waals surface area contributed by atoms with Crippen LogP contribution in [0.4, 0.5) is 0 Å². The van der Waals surface area contributed by atoms with E-state index in [1.165, 1.54) is 69.4 Å². The second-order valence-electron chi connectivity index (χ2n) is 9.34. The molecule has 1 N–H and O–H groups in total. The summed E-state index contributed by atoms with van der Waals surface area (Å²) >= 11 is 6.04. The monoisotopic (exact) mass is 394 g/mol. The van der Waals surface area contributed by atoms with Crippen LogP contribution < -0.4 is 5.32 Å². The van der Waals surface area contributed by atoms with Crippen molar-refractivity contribution < 1.29 is 0 Å². The van der Waals surface area contributed by atoms with Crippen molar-refractivity contribution in [2.24, 2.45) is 5.41 Å². The largest absolute Gasteiger partial charge is 0.313 e. The van der Waals surface area contributed by atoms with Gasteiger partial charge in [0.1, 0.15) is 0 Å². The van der Waals surface area contributed by atoms with Crippen LogP contribution in [-0.2, 0) is 0 Å². The molecule has 28 heavy (non-hydrogen) atoms.